The minimum Gasteiger partial charge on any atom is -0.453 e. The maximum Gasteiger partial charge on any atom is 0.169 e. The van der Waals surface area contributed by atoms with Gasteiger partial charge in [-0.25, -0.2) is 0 Å². The van der Waals surface area contributed by atoms with Crippen LogP contribution in [-0.4, -0.2) is 24.5 Å². The lowest BCUT2D eigenvalue weighted by molar-refractivity contribution is 0.216. The van der Waals surface area contributed by atoms with E-state index in [-0.39, 0.29) is 12.1 Å². The first-order valence-corrected chi connectivity index (χ1v) is 6.92. The van der Waals surface area contributed by atoms with Crippen LogP contribution in [0.2, 0.25) is 0 Å². The van der Waals surface area contributed by atoms with E-state index in [0.717, 1.165) is 23.4 Å². The average molecular weight is 303 g/mol. The maximum absolute atomic E-state index is 6.05. The van der Waals surface area contributed by atoms with Crippen LogP contribution in [0, 0.1) is 5.92 Å². The van der Waals surface area contributed by atoms with Crippen molar-refractivity contribution in [3.8, 4) is 0 Å². The van der Waals surface area contributed by atoms with E-state index in [2.05, 4.69) is 48.6 Å². The van der Waals surface area contributed by atoms with Crippen LogP contribution < -0.4 is 5.73 Å². The van der Waals surface area contributed by atoms with Gasteiger partial charge in [0.05, 0.1) is 6.04 Å². The third-order valence-electron chi connectivity index (χ3n) is 3.34. The lowest BCUT2D eigenvalue weighted by atomic mass is 10.0. The zero-order chi connectivity index (χ0) is 13.0. The van der Waals surface area contributed by atoms with Crippen LogP contribution in [0.1, 0.15) is 39.0 Å². The van der Waals surface area contributed by atoms with Crippen LogP contribution in [0.25, 0.3) is 0 Å². The molecular formula is C13H23BrN2O. The number of nitrogens with two attached hydrogens (primary N) is 1. The molecule has 4 heteroatoms. The molecule has 0 bridgehead atoms. The number of rotatable bonds is 6. The van der Waals surface area contributed by atoms with Crippen molar-refractivity contribution in [2.24, 2.45) is 11.7 Å². The fraction of sp³-hybridized carbons (Fsp3) is 0.692. The highest BCUT2D eigenvalue weighted by atomic mass is 79.9. The van der Waals surface area contributed by atoms with E-state index in [1.807, 2.05) is 12.1 Å². The second kappa shape index (κ2) is 6.57. The first-order chi connectivity index (χ1) is 7.91. The molecule has 2 atom stereocenters. The largest absolute Gasteiger partial charge is 0.453 e. The van der Waals surface area contributed by atoms with Crippen molar-refractivity contribution in [1.29, 1.82) is 0 Å². The van der Waals surface area contributed by atoms with Gasteiger partial charge < -0.3 is 10.2 Å². The fourth-order valence-electron chi connectivity index (χ4n) is 1.65. The van der Waals surface area contributed by atoms with Crippen LogP contribution in [0.4, 0.5) is 0 Å². The molecule has 2 unspecified atom stereocenters. The first kappa shape index (κ1) is 14.7. The SMILES string of the molecule is CC(C)C(N)CCN(C)C(C)c1ccc(Br)o1. The Morgan fingerprint density at radius 2 is 2.00 bits per heavy atom. The highest BCUT2D eigenvalue weighted by molar-refractivity contribution is 9.10. The van der Waals surface area contributed by atoms with Crippen molar-refractivity contribution in [2.75, 3.05) is 13.6 Å². The maximum atomic E-state index is 6.05. The summed E-state index contributed by atoms with van der Waals surface area (Å²) in [5, 5.41) is 0. The molecule has 0 saturated heterocycles. The normalized spacial score (nSPS) is 15.5. The first-order valence-electron chi connectivity index (χ1n) is 6.13. The second-order valence-electron chi connectivity index (χ2n) is 5.00. The van der Waals surface area contributed by atoms with Gasteiger partial charge in [0.1, 0.15) is 5.76 Å². The highest BCUT2D eigenvalue weighted by Crippen LogP contribution is 2.24. The molecule has 0 radical (unpaired) electrons. The van der Waals surface area contributed by atoms with E-state index in [0.29, 0.717) is 5.92 Å². The van der Waals surface area contributed by atoms with Crippen molar-refractivity contribution < 1.29 is 4.42 Å². The monoisotopic (exact) mass is 302 g/mol. The molecule has 0 amide bonds. The Hall–Kier alpha value is -0.320. The Morgan fingerprint density at radius 3 is 2.47 bits per heavy atom. The highest BCUT2D eigenvalue weighted by Gasteiger charge is 2.16. The molecule has 0 aliphatic rings. The van der Waals surface area contributed by atoms with Crippen molar-refractivity contribution in [2.45, 2.75) is 39.3 Å². The summed E-state index contributed by atoms with van der Waals surface area (Å²) in [6, 6.07) is 4.49. The summed E-state index contributed by atoms with van der Waals surface area (Å²) < 4.78 is 6.35. The van der Waals surface area contributed by atoms with Crippen LogP contribution in [0.5, 0.6) is 0 Å². The molecule has 1 aromatic heterocycles. The van der Waals surface area contributed by atoms with Gasteiger partial charge in [0.25, 0.3) is 0 Å². The molecule has 0 spiro atoms. The summed E-state index contributed by atoms with van der Waals surface area (Å²) in [4.78, 5) is 2.27. The minimum absolute atomic E-state index is 0.271. The van der Waals surface area contributed by atoms with Crippen molar-refractivity contribution in [1.82, 2.24) is 4.90 Å². The quantitative estimate of drug-likeness (QED) is 0.875. The molecule has 98 valence electrons. The summed E-state index contributed by atoms with van der Waals surface area (Å²) in [6.07, 6.45) is 1.01. The third kappa shape index (κ3) is 4.45. The Kier molecular flexibility index (Phi) is 5.70. The van der Waals surface area contributed by atoms with E-state index in [4.69, 9.17) is 10.2 Å². The van der Waals surface area contributed by atoms with E-state index in [1.165, 1.54) is 0 Å². The van der Waals surface area contributed by atoms with Gasteiger partial charge in [-0.3, -0.25) is 4.90 Å². The van der Waals surface area contributed by atoms with Gasteiger partial charge in [-0.1, -0.05) is 13.8 Å². The Labute approximate surface area is 112 Å². The molecule has 0 saturated carbocycles. The number of halogens is 1. The number of furan rings is 1. The van der Waals surface area contributed by atoms with E-state index in [1.54, 1.807) is 0 Å². The summed E-state index contributed by atoms with van der Waals surface area (Å²) >= 11 is 3.33. The summed E-state index contributed by atoms with van der Waals surface area (Å²) in [5.41, 5.74) is 6.05. The number of hydrogen-bond donors (Lipinski definition) is 1. The zero-order valence-electron chi connectivity index (χ0n) is 11.1. The lowest BCUT2D eigenvalue weighted by Crippen LogP contribution is -2.32. The van der Waals surface area contributed by atoms with Crippen LogP contribution >= 0.6 is 15.9 Å². The summed E-state index contributed by atoms with van der Waals surface area (Å²) in [7, 11) is 2.11. The van der Waals surface area contributed by atoms with Crippen LogP contribution in [0.15, 0.2) is 21.2 Å². The minimum atomic E-state index is 0.271. The van der Waals surface area contributed by atoms with Crippen molar-refractivity contribution in [3.63, 3.8) is 0 Å². The Bertz CT molecular complexity index is 338. The van der Waals surface area contributed by atoms with Gasteiger partial charge in [0.15, 0.2) is 4.67 Å². The van der Waals surface area contributed by atoms with Gasteiger partial charge in [0.2, 0.25) is 0 Å². The third-order valence-corrected chi connectivity index (χ3v) is 3.76. The molecule has 0 aliphatic heterocycles. The van der Waals surface area contributed by atoms with Gasteiger partial charge >= 0.3 is 0 Å². The molecule has 3 nitrogen and oxygen atoms in total. The molecule has 0 fully saturated rings. The smallest absolute Gasteiger partial charge is 0.169 e. The molecule has 17 heavy (non-hydrogen) atoms. The average Bonchev–Trinajstić information content (AvgIpc) is 2.70. The Morgan fingerprint density at radius 1 is 1.35 bits per heavy atom. The Balaban J connectivity index is 2.45. The molecule has 1 rings (SSSR count). The van der Waals surface area contributed by atoms with Crippen molar-refractivity contribution in [3.05, 3.63) is 22.6 Å². The van der Waals surface area contributed by atoms with Crippen molar-refractivity contribution >= 4 is 15.9 Å². The number of nitrogens with zero attached hydrogens (tertiary/aromatic N) is 1. The van der Waals surface area contributed by atoms with E-state index < -0.39 is 0 Å². The van der Waals surface area contributed by atoms with Crippen LogP contribution in [0.3, 0.4) is 0 Å². The predicted octanol–water partition coefficient (Wildman–Crippen LogP) is 3.41. The lowest BCUT2D eigenvalue weighted by Gasteiger charge is -2.25. The molecular weight excluding hydrogens is 280 g/mol. The topological polar surface area (TPSA) is 42.4 Å². The zero-order valence-corrected chi connectivity index (χ0v) is 12.7. The molecule has 1 heterocycles. The number of hydrogen-bond acceptors (Lipinski definition) is 3. The van der Waals surface area contributed by atoms with E-state index in [9.17, 15) is 0 Å². The van der Waals surface area contributed by atoms with Gasteiger partial charge in [-0.15, -0.1) is 0 Å². The fourth-order valence-corrected chi connectivity index (χ4v) is 1.97. The standard InChI is InChI=1S/C13H23BrN2O/c1-9(2)11(15)7-8-16(4)10(3)12-5-6-13(14)17-12/h5-6,9-11H,7-8,15H2,1-4H3. The van der Waals surface area contributed by atoms with E-state index >= 15 is 0 Å². The van der Waals surface area contributed by atoms with Gasteiger partial charge in [0, 0.05) is 12.6 Å². The molecule has 1 aromatic rings. The van der Waals surface area contributed by atoms with Gasteiger partial charge in [-0.05, 0) is 54.4 Å². The van der Waals surface area contributed by atoms with Crippen LogP contribution in [-0.2, 0) is 0 Å². The predicted molar refractivity (Wildman–Crippen MR) is 74.9 cm³/mol. The molecule has 0 aliphatic carbocycles. The second-order valence-corrected chi connectivity index (χ2v) is 5.78. The summed E-state index contributed by atoms with van der Waals surface area (Å²) in [6.45, 7) is 7.46. The van der Waals surface area contributed by atoms with Gasteiger partial charge in [-0.2, -0.15) is 0 Å². The molecule has 0 aromatic carbocycles. The molecule has 2 N–H and O–H groups in total. The summed E-state index contributed by atoms with van der Waals surface area (Å²) in [5.74, 6) is 1.52.